The molecule has 0 radical (unpaired) electrons. The van der Waals surface area contributed by atoms with Crippen LogP contribution in [0.25, 0.3) is 6.08 Å². The van der Waals surface area contributed by atoms with Gasteiger partial charge < -0.3 is 14.3 Å². The van der Waals surface area contributed by atoms with Crippen LogP contribution in [0.1, 0.15) is 52.5 Å². The van der Waals surface area contributed by atoms with Gasteiger partial charge in [-0.05, 0) is 70.4 Å². The molecule has 0 bridgehead atoms. The Hall–Kier alpha value is -3.85. The number of rotatable bonds is 9. The van der Waals surface area contributed by atoms with Crippen LogP contribution in [0.5, 0.6) is 5.75 Å². The Morgan fingerprint density at radius 3 is 2.23 bits per heavy atom. The van der Waals surface area contributed by atoms with E-state index in [2.05, 4.69) is 69.3 Å². The molecule has 2 amide bonds. The Kier molecular flexibility index (Phi) is 9.13. The highest BCUT2D eigenvalue weighted by molar-refractivity contribution is 6.99. The number of nitrogens with zero attached hydrogens (tertiary/aromatic N) is 1. The molecule has 0 spiro atoms. The van der Waals surface area contributed by atoms with Crippen molar-refractivity contribution in [1.82, 2.24) is 4.90 Å². The summed E-state index contributed by atoms with van der Waals surface area (Å²) < 4.78 is 27.8. The van der Waals surface area contributed by atoms with Crippen molar-refractivity contribution in [2.24, 2.45) is 17.8 Å². The number of ether oxygens (including phenoxy) is 1. The van der Waals surface area contributed by atoms with Gasteiger partial charge in [0.2, 0.25) is 11.8 Å². The van der Waals surface area contributed by atoms with Crippen LogP contribution in [0.3, 0.4) is 0 Å². The summed E-state index contributed by atoms with van der Waals surface area (Å²) in [5.74, 6) is -2.26. The van der Waals surface area contributed by atoms with Gasteiger partial charge >= 0.3 is 0 Å². The van der Waals surface area contributed by atoms with E-state index in [0.717, 1.165) is 16.7 Å². The fourth-order valence-corrected chi connectivity index (χ4v) is 12.6. The normalized spacial score (nSPS) is 23.4. The molecule has 2 aliphatic heterocycles. The third kappa shape index (κ3) is 6.03. The predicted molar refractivity (Wildman–Crippen MR) is 184 cm³/mol. The van der Waals surface area contributed by atoms with Crippen LogP contribution >= 0.6 is 0 Å². The van der Waals surface area contributed by atoms with Crippen molar-refractivity contribution in [2.75, 3.05) is 20.3 Å². The van der Waals surface area contributed by atoms with Gasteiger partial charge in [0.15, 0.2) is 11.6 Å². The van der Waals surface area contributed by atoms with Crippen molar-refractivity contribution >= 4 is 36.6 Å². The van der Waals surface area contributed by atoms with E-state index < -0.39 is 26.0 Å². The number of hydrogen-bond donors (Lipinski definition) is 1. The maximum absolute atomic E-state index is 14.0. The highest BCUT2D eigenvalue weighted by Crippen LogP contribution is 2.50. The summed E-state index contributed by atoms with van der Waals surface area (Å²) in [6.07, 6.45) is 3.57. The van der Waals surface area contributed by atoms with E-state index in [0.29, 0.717) is 38.0 Å². The monoisotopic (exact) mass is 653 g/mol. The zero-order chi connectivity index (χ0) is 33.5. The van der Waals surface area contributed by atoms with Gasteiger partial charge in [-0.3, -0.25) is 14.5 Å². The smallest absolute Gasteiger partial charge is 0.261 e. The third-order valence-electron chi connectivity index (χ3n) is 10.3. The first-order valence-corrected chi connectivity index (χ1v) is 18.4. The molecule has 3 aromatic rings. The fourth-order valence-electron chi connectivity index (χ4n) is 8.05. The molecule has 8 heteroatoms. The summed E-state index contributed by atoms with van der Waals surface area (Å²) in [5.41, 5.74) is 3.92. The lowest BCUT2D eigenvalue weighted by molar-refractivity contribution is -0.138. The molecule has 4 atom stereocenters. The average molecular weight is 654 g/mol. The molecular weight excluding hydrogens is 610 g/mol. The molecule has 1 aliphatic carbocycles. The van der Waals surface area contributed by atoms with Gasteiger partial charge in [0.25, 0.3) is 8.32 Å². The molecule has 6 rings (SSSR count). The Bertz CT molecular complexity index is 1670. The van der Waals surface area contributed by atoms with Crippen molar-refractivity contribution in [2.45, 2.75) is 58.1 Å². The van der Waals surface area contributed by atoms with E-state index in [9.17, 15) is 19.1 Å². The Morgan fingerprint density at radius 2 is 1.64 bits per heavy atom. The van der Waals surface area contributed by atoms with Gasteiger partial charge in [-0.15, -0.1) is 0 Å². The molecule has 2 fully saturated rings. The number of phenolic OH excluding ortho intramolecular Hbond substituents is 1. The summed E-state index contributed by atoms with van der Waals surface area (Å²) in [6.45, 7) is 9.51. The molecular formula is C39H44FNO5Si. The topological polar surface area (TPSA) is 76.1 Å². The van der Waals surface area contributed by atoms with Crippen LogP contribution in [-0.2, 0) is 18.8 Å². The van der Waals surface area contributed by atoms with Gasteiger partial charge in [-0.1, -0.05) is 99.2 Å². The van der Waals surface area contributed by atoms with Crippen molar-refractivity contribution in [3.63, 3.8) is 0 Å². The summed E-state index contributed by atoms with van der Waals surface area (Å²) >= 11 is 0. The van der Waals surface area contributed by atoms with E-state index in [-0.39, 0.29) is 34.6 Å². The van der Waals surface area contributed by atoms with Crippen molar-refractivity contribution in [3.05, 3.63) is 107 Å². The van der Waals surface area contributed by atoms with Crippen molar-refractivity contribution < 1.29 is 28.2 Å². The van der Waals surface area contributed by atoms with Gasteiger partial charge in [0, 0.05) is 13.0 Å². The molecule has 0 saturated carbocycles. The number of allylic oxidation sites excluding steroid dienone is 1. The van der Waals surface area contributed by atoms with Crippen LogP contribution < -0.4 is 10.4 Å². The number of likely N-dealkylation sites (tertiary alicyclic amines) is 1. The van der Waals surface area contributed by atoms with E-state index in [1.807, 2.05) is 25.1 Å². The molecule has 2 heterocycles. The minimum absolute atomic E-state index is 0.120. The number of hydrogen-bond acceptors (Lipinski definition) is 5. The van der Waals surface area contributed by atoms with Gasteiger partial charge in [-0.2, -0.15) is 0 Å². The minimum atomic E-state index is -2.86. The number of benzene rings is 3. The first kappa shape index (κ1) is 33.1. The second kappa shape index (κ2) is 13.0. The molecule has 0 unspecified atom stereocenters. The minimum Gasteiger partial charge on any atom is -0.505 e. The second-order valence-electron chi connectivity index (χ2n) is 14.3. The number of fused-ring (bicyclic) bond motifs is 3. The second-order valence-corrected chi connectivity index (χ2v) is 18.6. The summed E-state index contributed by atoms with van der Waals surface area (Å²) in [4.78, 5) is 28.1. The van der Waals surface area contributed by atoms with Gasteiger partial charge in [-0.25, -0.2) is 4.39 Å². The van der Waals surface area contributed by atoms with Crippen LogP contribution in [0.2, 0.25) is 5.04 Å². The molecule has 2 saturated heterocycles. The lowest BCUT2D eigenvalue weighted by atomic mass is 9.69. The summed E-state index contributed by atoms with van der Waals surface area (Å²) in [7, 11) is -1.27. The first-order valence-electron chi connectivity index (χ1n) is 16.5. The summed E-state index contributed by atoms with van der Waals surface area (Å²) in [6, 6.07) is 25.4. The van der Waals surface area contributed by atoms with E-state index in [1.165, 1.54) is 27.4 Å². The number of aromatic hydroxyl groups is 1. The number of phenols is 1. The number of amides is 2. The van der Waals surface area contributed by atoms with Crippen molar-refractivity contribution in [1.29, 1.82) is 0 Å². The van der Waals surface area contributed by atoms with Crippen LogP contribution in [0, 0.1) is 23.6 Å². The highest BCUT2D eigenvalue weighted by atomic mass is 28.4. The predicted octanol–water partition coefficient (Wildman–Crippen LogP) is 6.24. The van der Waals surface area contributed by atoms with E-state index in [4.69, 9.17) is 9.16 Å². The molecule has 47 heavy (non-hydrogen) atoms. The maximum atomic E-state index is 14.0. The van der Waals surface area contributed by atoms with Crippen LogP contribution in [0.4, 0.5) is 4.39 Å². The highest BCUT2D eigenvalue weighted by Gasteiger charge is 2.57. The zero-order valence-electron chi connectivity index (χ0n) is 27.8. The SMILES string of the molecule is C/C(=C\c1ccc(O)c(F)c1)CC[C@H]1OC[C@H]2C1=C(CO[Si](c1ccccc1)(c1ccccc1)C(C)(C)C)C[C@H]1C(=O)N(C)C(=O)[C@H]12. The number of carbonyl (C=O) groups is 2. The zero-order valence-corrected chi connectivity index (χ0v) is 28.8. The van der Waals surface area contributed by atoms with Crippen LogP contribution in [0.15, 0.2) is 95.6 Å². The Labute approximate surface area is 278 Å². The number of halogens is 1. The quantitative estimate of drug-likeness (QED) is 0.168. The molecule has 1 N–H and O–H groups in total. The Balaban J connectivity index is 1.36. The number of carbonyl (C=O) groups excluding carboxylic acids is 2. The third-order valence-corrected chi connectivity index (χ3v) is 15.3. The van der Waals surface area contributed by atoms with Gasteiger partial charge in [0.05, 0.1) is 31.2 Å². The van der Waals surface area contributed by atoms with Crippen LogP contribution in [-0.4, -0.2) is 56.5 Å². The molecule has 6 nitrogen and oxygen atoms in total. The Morgan fingerprint density at radius 1 is 1.00 bits per heavy atom. The fraction of sp³-hybridized carbons (Fsp3) is 0.385. The molecule has 3 aromatic carbocycles. The lowest BCUT2D eigenvalue weighted by Crippen LogP contribution is -2.66. The van der Waals surface area contributed by atoms with E-state index >= 15 is 0 Å². The lowest BCUT2D eigenvalue weighted by Gasteiger charge is -2.44. The summed E-state index contributed by atoms with van der Waals surface area (Å²) in [5, 5.41) is 11.7. The number of imide groups is 1. The molecule has 3 aliphatic rings. The van der Waals surface area contributed by atoms with Crippen molar-refractivity contribution in [3.8, 4) is 5.75 Å². The molecule has 246 valence electrons. The average Bonchev–Trinajstić information content (AvgIpc) is 3.57. The maximum Gasteiger partial charge on any atom is 0.261 e. The largest absolute Gasteiger partial charge is 0.505 e. The van der Waals surface area contributed by atoms with Gasteiger partial charge in [0.1, 0.15) is 0 Å². The standard InChI is InChI=1S/C39H44FNO5Si/c1-25(20-26-17-18-33(42)32(40)21-26)16-19-34-35-27(22-30-36(31(35)24-45-34)38(44)41(5)37(30)43)23-46-47(39(2,3)4,28-12-8-6-9-13-28)29-14-10-7-11-15-29/h6-15,17-18,20-21,30-31,34,36,42H,16,19,22-24H2,1-5H3/b25-20+/t30-,31+,34-,36-/m1/s1. The molecule has 0 aromatic heterocycles. The first-order chi connectivity index (χ1) is 22.4. The van der Waals surface area contributed by atoms with E-state index in [1.54, 1.807) is 13.1 Å².